The Morgan fingerprint density at radius 2 is 1.08 bits per heavy atom. The van der Waals surface area contributed by atoms with Crippen LogP contribution in [0, 0.1) is 0 Å². The number of benzene rings is 4. The summed E-state index contributed by atoms with van der Waals surface area (Å²) < 4.78 is 3.72. The molecular formula is C42H48N6O. The highest BCUT2D eigenvalue weighted by Gasteiger charge is 2.06. The lowest BCUT2D eigenvalue weighted by Gasteiger charge is -2.00. The smallest absolute Gasteiger partial charge is 0.185 e. The van der Waals surface area contributed by atoms with Gasteiger partial charge in [0.05, 0.1) is 23.3 Å². The van der Waals surface area contributed by atoms with E-state index >= 15 is 0 Å². The number of nitrogen functional groups attached to an aromatic ring is 1. The van der Waals surface area contributed by atoms with Crippen LogP contribution in [0.2, 0.25) is 0 Å². The topological polar surface area (TPSA) is 91.1 Å². The van der Waals surface area contributed by atoms with E-state index in [-0.39, 0.29) is 0 Å². The number of anilines is 1. The normalized spacial score (nSPS) is 10.6. The quantitative estimate of drug-likeness (QED) is 0.0857. The molecule has 0 spiro atoms. The summed E-state index contributed by atoms with van der Waals surface area (Å²) in [6, 6.07) is 36.6. The molecule has 49 heavy (non-hydrogen) atoms. The van der Waals surface area contributed by atoms with Crippen LogP contribution in [0.4, 0.5) is 11.4 Å². The minimum Gasteiger partial charge on any atom is -0.399 e. The molecule has 0 atom stereocenters. The standard InChI is InChI=1S/C21H23N3.C11H10N2O.C10H15N/c1-3-4-8-17-11-13-19(14-12-17)22-15-21-23-20(16-24(21)2)18-9-6-5-7-10-18;1-13-7-10(12-11(13)8-14)9-5-3-2-4-6-9;1-2-3-4-9-5-7-10(11)8-6-9/h5-7,9-16H,3-4,8H2,1-2H3;2-8H,1H3;5-8H,2-4,11H2,1H3. The molecule has 2 N–H and O–H groups in total. The highest BCUT2D eigenvalue weighted by Crippen LogP contribution is 2.19. The van der Waals surface area contributed by atoms with Crippen LogP contribution in [-0.4, -0.2) is 31.6 Å². The number of nitrogens with two attached hydrogens (primary N) is 1. The zero-order valence-corrected chi connectivity index (χ0v) is 29.2. The molecule has 0 bridgehead atoms. The number of nitrogens with zero attached hydrogens (tertiary/aromatic N) is 5. The summed E-state index contributed by atoms with van der Waals surface area (Å²) in [7, 11) is 3.80. The first kappa shape index (κ1) is 36.3. The number of unbranched alkanes of at least 4 members (excludes halogenated alkanes) is 2. The van der Waals surface area contributed by atoms with E-state index in [0.29, 0.717) is 5.82 Å². The Kier molecular flexibility index (Phi) is 14.3. The number of imidazole rings is 2. The van der Waals surface area contributed by atoms with E-state index in [0.717, 1.165) is 52.4 Å². The lowest BCUT2D eigenvalue weighted by molar-refractivity contribution is 0.111. The Hall–Kier alpha value is -5.56. The Balaban J connectivity index is 0.000000183. The van der Waals surface area contributed by atoms with Crippen molar-refractivity contribution < 1.29 is 4.79 Å². The van der Waals surface area contributed by atoms with Crippen molar-refractivity contribution in [3.05, 3.63) is 144 Å². The maximum Gasteiger partial charge on any atom is 0.185 e. The molecule has 4 aromatic carbocycles. The Morgan fingerprint density at radius 1 is 0.633 bits per heavy atom. The summed E-state index contributed by atoms with van der Waals surface area (Å²) in [5, 5.41) is 0. The van der Waals surface area contributed by atoms with Crippen LogP contribution in [0.3, 0.4) is 0 Å². The van der Waals surface area contributed by atoms with Crippen LogP contribution < -0.4 is 5.73 Å². The lowest BCUT2D eigenvalue weighted by Crippen LogP contribution is -1.94. The van der Waals surface area contributed by atoms with E-state index < -0.39 is 0 Å². The van der Waals surface area contributed by atoms with Gasteiger partial charge in [0.2, 0.25) is 0 Å². The van der Waals surface area contributed by atoms with Gasteiger partial charge in [-0.05, 0) is 61.1 Å². The molecule has 0 saturated carbocycles. The van der Waals surface area contributed by atoms with E-state index in [2.05, 4.69) is 77.3 Å². The van der Waals surface area contributed by atoms with E-state index in [4.69, 9.17) is 5.73 Å². The van der Waals surface area contributed by atoms with Gasteiger partial charge >= 0.3 is 0 Å². The Labute approximate surface area is 291 Å². The maximum atomic E-state index is 10.6. The van der Waals surface area contributed by atoms with Crippen molar-refractivity contribution in [1.82, 2.24) is 19.1 Å². The lowest BCUT2D eigenvalue weighted by atomic mass is 10.1. The van der Waals surface area contributed by atoms with Crippen molar-refractivity contribution in [2.24, 2.45) is 19.1 Å². The van der Waals surface area contributed by atoms with Crippen molar-refractivity contribution in [3.8, 4) is 22.5 Å². The average Bonchev–Trinajstić information content (AvgIpc) is 3.72. The number of hydrogen-bond donors (Lipinski definition) is 1. The molecule has 0 amide bonds. The Bertz CT molecular complexity index is 1850. The number of aldehydes is 1. The van der Waals surface area contributed by atoms with Gasteiger partial charge in [0.1, 0.15) is 0 Å². The molecule has 0 fully saturated rings. The molecule has 0 saturated heterocycles. The van der Waals surface area contributed by atoms with Gasteiger partial charge in [-0.25, -0.2) is 9.97 Å². The fourth-order valence-electron chi connectivity index (χ4n) is 5.01. The van der Waals surface area contributed by atoms with E-state index in [1.54, 1.807) is 4.57 Å². The van der Waals surface area contributed by atoms with Crippen molar-refractivity contribution in [3.63, 3.8) is 0 Å². The zero-order chi connectivity index (χ0) is 34.8. The first-order valence-corrected chi connectivity index (χ1v) is 17.0. The first-order chi connectivity index (χ1) is 23.9. The van der Waals surface area contributed by atoms with Gasteiger partial charge < -0.3 is 14.9 Å². The Morgan fingerprint density at radius 3 is 1.53 bits per heavy atom. The van der Waals surface area contributed by atoms with Crippen LogP contribution >= 0.6 is 0 Å². The summed E-state index contributed by atoms with van der Waals surface area (Å²) in [5.74, 6) is 1.30. The molecule has 6 aromatic rings. The van der Waals surface area contributed by atoms with Gasteiger partial charge in [0, 0.05) is 43.3 Å². The maximum absolute atomic E-state index is 10.6. The molecule has 7 heteroatoms. The SMILES string of the molecule is CCCCc1ccc(N)cc1.CCCCc1ccc(N=Cc2nc(-c3ccccc3)cn2C)cc1.Cn1cc(-c2ccccc2)nc1C=O. The molecule has 0 unspecified atom stereocenters. The minimum atomic E-state index is 0.448. The van der Waals surface area contributed by atoms with Crippen LogP contribution in [-0.2, 0) is 26.9 Å². The second kappa shape index (κ2) is 19.3. The molecule has 6 rings (SSSR count). The van der Waals surface area contributed by atoms with Crippen molar-refractivity contribution in [2.45, 2.75) is 52.4 Å². The number of rotatable bonds is 11. The third-order valence-corrected chi connectivity index (χ3v) is 7.95. The first-order valence-electron chi connectivity index (χ1n) is 17.0. The average molecular weight is 653 g/mol. The van der Waals surface area contributed by atoms with Crippen molar-refractivity contribution in [1.29, 1.82) is 0 Å². The fraction of sp³-hybridized carbons (Fsp3) is 0.238. The predicted molar refractivity (Wildman–Crippen MR) is 204 cm³/mol. The van der Waals surface area contributed by atoms with Crippen LogP contribution in [0.1, 0.15) is 67.1 Å². The number of aliphatic imine (C=N–C) groups is 1. The second-order valence-electron chi connectivity index (χ2n) is 11.9. The van der Waals surface area contributed by atoms with Crippen molar-refractivity contribution in [2.75, 3.05) is 5.73 Å². The second-order valence-corrected chi connectivity index (χ2v) is 11.9. The third kappa shape index (κ3) is 11.6. The number of carbonyl (C=O) groups is 1. The van der Waals surface area contributed by atoms with Gasteiger partial charge in [0.15, 0.2) is 17.9 Å². The third-order valence-electron chi connectivity index (χ3n) is 7.95. The van der Waals surface area contributed by atoms with Gasteiger partial charge in [-0.3, -0.25) is 9.79 Å². The number of aromatic nitrogens is 4. The van der Waals surface area contributed by atoms with E-state index in [1.165, 1.54) is 43.2 Å². The molecule has 0 aliphatic rings. The van der Waals surface area contributed by atoms with Crippen LogP contribution in [0.25, 0.3) is 22.5 Å². The summed E-state index contributed by atoms with van der Waals surface area (Å²) >= 11 is 0. The van der Waals surface area contributed by atoms with Gasteiger partial charge in [-0.15, -0.1) is 0 Å². The van der Waals surface area contributed by atoms with Crippen molar-refractivity contribution >= 4 is 23.9 Å². The summed E-state index contributed by atoms with van der Waals surface area (Å²) in [5.41, 5.74) is 14.1. The van der Waals surface area contributed by atoms with E-state index in [9.17, 15) is 4.79 Å². The molecule has 252 valence electrons. The van der Waals surface area contributed by atoms with Gasteiger partial charge in [-0.1, -0.05) is 112 Å². The van der Waals surface area contributed by atoms with Crippen LogP contribution in [0.15, 0.2) is 127 Å². The fourth-order valence-corrected chi connectivity index (χ4v) is 5.01. The molecule has 2 aromatic heterocycles. The molecule has 0 aliphatic heterocycles. The monoisotopic (exact) mass is 652 g/mol. The summed E-state index contributed by atoms with van der Waals surface area (Å²) in [6.45, 7) is 4.42. The molecule has 0 radical (unpaired) electrons. The number of aryl methyl sites for hydroxylation is 4. The number of carbonyl (C=O) groups excluding carboxylic acids is 1. The van der Waals surface area contributed by atoms with Gasteiger partial charge in [-0.2, -0.15) is 0 Å². The zero-order valence-electron chi connectivity index (χ0n) is 29.2. The highest BCUT2D eigenvalue weighted by molar-refractivity contribution is 5.79. The molecule has 7 nitrogen and oxygen atoms in total. The largest absolute Gasteiger partial charge is 0.399 e. The highest BCUT2D eigenvalue weighted by atomic mass is 16.1. The molecule has 2 heterocycles. The van der Waals surface area contributed by atoms with E-state index in [1.807, 2.05) is 97.9 Å². The minimum absolute atomic E-state index is 0.448. The molecule has 0 aliphatic carbocycles. The van der Waals surface area contributed by atoms with Crippen LogP contribution in [0.5, 0.6) is 0 Å². The van der Waals surface area contributed by atoms with Gasteiger partial charge in [0.25, 0.3) is 0 Å². The predicted octanol–water partition coefficient (Wildman–Crippen LogP) is 9.69. The molecular weight excluding hydrogens is 605 g/mol. The number of hydrogen-bond acceptors (Lipinski definition) is 5. The summed E-state index contributed by atoms with van der Waals surface area (Å²) in [6.07, 6.45) is 13.8. The summed E-state index contributed by atoms with van der Waals surface area (Å²) in [4.78, 5) is 24.0.